The number of rotatable bonds is 3. The summed E-state index contributed by atoms with van der Waals surface area (Å²) in [5.41, 5.74) is 0.745. The van der Waals surface area contributed by atoms with Gasteiger partial charge < -0.3 is 4.90 Å². The van der Waals surface area contributed by atoms with E-state index in [-0.39, 0.29) is 10.9 Å². The lowest BCUT2D eigenvalue weighted by Crippen LogP contribution is -2.43. The molecular weight excluding hydrogens is 291 g/mol. The third-order valence-electron chi connectivity index (χ3n) is 3.99. The molecule has 1 aliphatic rings. The van der Waals surface area contributed by atoms with Crippen LogP contribution >= 0.6 is 0 Å². The summed E-state index contributed by atoms with van der Waals surface area (Å²) in [6.07, 6.45) is 1.48. The van der Waals surface area contributed by atoms with E-state index >= 15 is 0 Å². The van der Waals surface area contributed by atoms with E-state index in [1.54, 1.807) is 13.0 Å². The van der Waals surface area contributed by atoms with Crippen LogP contribution in [0.2, 0.25) is 0 Å². The monoisotopic (exact) mass is 314 g/mol. The van der Waals surface area contributed by atoms with E-state index in [1.165, 1.54) is 16.4 Å². The van der Waals surface area contributed by atoms with Gasteiger partial charge in [-0.15, -0.1) is 0 Å². The van der Waals surface area contributed by atoms with Gasteiger partial charge in [0.15, 0.2) is 0 Å². The molecule has 21 heavy (non-hydrogen) atoms. The summed E-state index contributed by atoms with van der Waals surface area (Å²) >= 11 is 0. The Kier molecular flexibility index (Phi) is 5.01. The minimum atomic E-state index is -3.79. The van der Waals surface area contributed by atoms with Crippen molar-refractivity contribution in [3.8, 4) is 0 Å². The highest BCUT2D eigenvalue weighted by molar-refractivity contribution is 7.89. The van der Waals surface area contributed by atoms with E-state index in [4.69, 9.17) is 0 Å². The Morgan fingerprint density at radius 2 is 2.05 bits per heavy atom. The highest BCUT2D eigenvalue weighted by atomic mass is 32.2. The van der Waals surface area contributed by atoms with Crippen LogP contribution in [0, 0.1) is 12.7 Å². The molecule has 6 heteroatoms. The Morgan fingerprint density at radius 3 is 2.71 bits per heavy atom. The number of benzene rings is 1. The van der Waals surface area contributed by atoms with Crippen molar-refractivity contribution in [3.63, 3.8) is 0 Å². The third-order valence-corrected chi connectivity index (χ3v) is 5.96. The lowest BCUT2D eigenvalue weighted by atomic mass is 10.2. The van der Waals surface area contributed by atoms with Crippen LogP contribution in [0.5, 0.6) is 0 Å². The Bertz CT molecular complexity index is 604. The first-order chi connectivity index (χ1) is 9.86. The van der Waals surface area contributed by atoms with Crippen molar-refractivity contribution in [3.05, 3.63) is 29.6 Å². The molecule has 0 aliphatic carbocycles. The zero-order chi connectivity index (χ0) is 15.6. The number of hydrogen-bond donors (Lipinski definition) is 0. The van der Waals surface area contributed by atoms with Crippen molar-refractivity contribution in [1.29, 1.82) is 0 Å². The maximum atomic E-state index is 14.0. The van der Waals surface area contributed by atoms with Crippen LogP contribution in [0.4, 0.5) is 4.39 Å². The Labute approximate surface area is 126 Å². The van der Waals surface area contributed by atoms with Gasteiger partial charge >= 0.3 is 0 Å². The number of hydrogen-bond acceptors (Lipinski definition) is 3. The summed E-state index contributed by atoms with van der Waals surface area (Å²) in [4.78, 5) is 1.93. The number of halogens is 1. The Hall–Kier alpha value is -0.980. The van der Waals surface area contributed by atoms with E-state index in [2.05, 4.69) is 4.90 Å². The molecule has 1 atom stereocenters. The van der Waals surface area contributed by atoms with Crippen molar-refractivity contribution in [2.45, 2.75) is 37.6 Å². The normalized spacial score (nSPS) is 22.2. The number of likely N-dealkylation sites (N-methyl/N-ethyl adjacent to an activating group) is 1. The molecule has 1 aliphatic heterocycles. The van der Waals surface area contributed by atoms with Crippen LogP contribution in [-0.4, -0.2) is 50.3 Å². The molecule has 2 rings (SSSR count). The summed E-state index contributed by atoms with van der Waals surface area (Å²) in [5.74, 6) is -0.673. The standard InChI is InChI=1S/C15H23FN2O2S/c1-4-13-11-17(3)8-5-9-18(13)21(19,20)15-10-12(2)6-7-14(15)16/h6-7,10,13H,4-5,8-9,11H2,1-3H3/t13-/m0/s1. The van der Waals surface area contributed by atoms with Crippen LogP contribution in [0.3, 0.4) is 0 Å². The minimum absolute atomic E-state index is 0.109. The quantitative estimate of drug-likeness (QED) is 0.859. The summed E-state index contributed by atoms with van der Waals surface area (Å²) in [7, 11) is -1.80. The number of aryl methyl sites for hydroxylation is 1. The molecule has 118 valence electrons. The zero-order valence-corrected chi connectivity index (χ0v) is 13.7. The second-order valence-electron chi connectivity index (χ2n) is 5.73. The molecule has 0 N–H and O–H groups in total. The molecule has 0 bridgehead atoms. The maximum absolute atomic E-state index is 14.0. The van der Waals surface area contributed by atoms with E-state index in [9.17, 15) is 12.8 Å². The second kappa shape index (κ2) is 6.42. The number of sulfonamides is 1. The summed E-state index contributed by atoms with van der Waals surface area (Å²) < 4.78 is 41.2. The Morgan fingerprint density at radius 1 is 1.33 bits per heavy atom. The molecule has 0 aromatic heterocycles. The summed E-state index contributed by atoms with van der Waals surface area (Å²) in [5, 5.41) is 0. The van der Waals surface area contributed by atoms with E-state index in [0.29, 0.717) is 13.1 Å². The highest BCUT2D eigenvalue weighted by Gasteiger charge is 2.34. The molecule has 0 radical (unpaired) electrons. The molecule has 0 amide bonds. The Balaban J connectivity index is 2.43. The molecule has 1 fully saturated rings. The fourth-order valence-corrected chi connectivity index (χ4v) is 4.68. The van der Waals surface area contributed by atoms with Crippen LogP contribution in [0.1, 0.15) is 25.3 Å². The van der Waals surface area contributed by atoms with Crippen molar-refractivity contribution >= 4 is 10.0 Å². The van der Waals surface area contributed by atoms with Crippen LogP contribution in [0.15, 0.2) is 23.1 Å². The topological polar surface area (TPSA) is 40.6 Å². The smallest absolute Gasteiger partial charge is 0.246 e. The summed E-state index contributed by atoms with van der Waals surface area (Å²) in [6, 6.07) is 4.13. The van der Waals surface area contributed by atoms with Gasteiger partial charge in [0.05, 0.1) is 0 Å². The molecule has 1 aromatic rings. The molecule has 1 saturated heterocycles. The van der Waals surface area contributed by atoms with Gasteiger partial charge in [-0.1, -0.05) is 13.0 Å². The van der Waals surface area contributed by atoms with Crippen molar-refractivity contribution < 1.29 is 12.8 Å². The first-order valence-electron chi connectivity index (χ1n) is 7.32. The second-order valence-corrected chi connectivity index (χ2v) is 7.59. The molecule has 0 unspecified atom stereocenters. The molecule has 4 nitrogen and oxygen atoms in total. The lowest BCUT2D eigenvalue weighted by molar-refractivity contribution is 0.270. The van der Waals surface area contributed by atoms with Crippen LogP contribution in [-0.2, 0) is 10.0 Å². The van der Waals surface area contributed by atoms with Gasteiger partial charge in [0.1, 0.15) is 10.7 Å². The van der Waals surface area contributed by atoms with Crippen LogP contribution < -0.4 is 0 Å². The van der Waals surface area contributed by atoms with Gasteiger partial charge in [0, 0.05) is 19.1 Å². The van der Waals surface area contributed by atoms with Gasteiger partial charge in [-0.3, -0.25) is 0 Å². The van der Waals surface area contributed by atoms with E-state index < -0.39 is 15.8 Å². The predicted octanol–water partition coefficient (Wildman–Crippen LogP) is 2.24. The fourth-order valence-electron chi connectivity index (χ4n) is 2.80. The SMILES string of the molecule is CC[C@H]1CN(C)CCCN1S(=O)(=O)c1cc(C)ccc1F. The molecule has 1 heterocycles. The average Bonchev–Trinajstić information content (AvgIpc) is 2.63. The van der Waals surface area contributed by atoms with Crippen molar-refractivity contribution in [2.75, 3.05) is 26.7 Å². The highest BCUT2D eigenvalue weighted by Crippen LogP contribution is 2.25. The molecule has 0 saturated carbocycles. The lowest BCUT2D eigenvalue weighted by Gasteiger charge is -2.29. The van der Waals surface area contributed by atoms with Crippen molar-refractivity contribution in [2.24, 2.45) is 0 Å². The van der Waals surface area contributed by atoms with Gasteiger partial charge in [-0.05, 0) is 51.1 Å². The minimum Gasteiger partial charge on any atom is -0.305 e. The summed E-state index contributed by atoms with van der Waals surface area (Å²) in [6.45, 7) is 5.73. The van der Waals surface area contributed by atoms with Gasteiger partial charge in [0.2, 0.25) is 10.0 Å². The van der Waals surface area contributed by atoms with Gasteiger partial charge in [-0.2, -0.15) is 4.31 Å². The maximum Gasteiger partial charge on any atom is 0.246 e. The first-order valence-corrected chi connectivity index (χ1v) is 8.76. The van der Waals surface area contributed by atoms with E-state index in [1.807, 2.05) is 14.0 Å². The van der Waals surface area contributed by atoms with Crippen molar-refractivity contribution in [1.82, 2.24) is 9.21 Å². The van der Waals surface area contributed by atoms with Gasteiger partial charge in [-0.25, -0.2) is 12.8 Å². The third kappa shape index (κ3) is 3.44. The fraction of sp³-hybridized carbons (Fsp3) is 0.600. The first kappa shape index (κ1) is 16.4. The zero-order valence-electron chi connectivity index (χ0n) is 12.8. The van der Waals surface area contributed by atoms with Gasteiger partial charge in [0.25, 0.3) is 0 Å². The largest absolute Gasteiger partial charge is 0.305 e. The molecule has 1 aromatic carbocycles. The van der Waals surface area contributed by atoms with Crippen LogP contribution in [0.25, 0.3) is 0 Å². The number of nitrogens with zero attached hydrogens (tertiary/aromatic N) is 2. The average molecular weight is 314 g/mol. The molecule has 0 spiro atoms. The predicted molar refractivity (Wildman–Crippen MR) is 81.2 cm³/mol. The van der Waals surface area contributed by atoms with E-state index in [0.717, 1.165) is 24.9 Å². The molecular formula is C15H23FN2O2S.